The largest absolute Gasteiger partial charge is 0.336 e. The Kier molecular flexibility index (Phi) is 4.29. The summed E-state index contributed by atoms with van der Waals surface area (Å²) in [6.45, 7) is 2.54. The molecule has 2 saturated heterocycles. The molecule has 110 valence electrons. The van der Waals surface area contributed by atoms with Crippen molar-refractivity contribution < 1.29 is 13.2 Å². The van der Waals surface area contributed by atoms with Gasteiger partial charge < -0.3 is 16.0 Å². The second kappa shape index (κ2) is 5.61. The topological polar surface area (TPSA) is 99.0 Å². The van der Waals surface area contributed by atoms with Gasteiger partial charge in [0.05, 0.1) is 6.04 Å². The van der Waals surface area contributed by atoms with Crippen LogP contribution in [-0.4, -0.2) is 80.3 Å². The highest BCUT2D eigenvalue weighted by atomic mass is 32.2. The lowest BCUT2D eigenvalue weighted by atomic mass is 10.2. The minimum Gasteiger partial charge on any atom is -0.336 e. The molecule has 2 fully saturated rings. The van der Waals surface area contributed by atoms with Crippen molar-refractivity contribution in [1.29, 1.82) is 0 Å². The van der Waals surface area contributed by atoms with Gasteiger partial charge >= 0.3 is 6.03 Å². The summed E-state index contributed by atoms with van der Waals surface area (Å²) in [7, 11) is -1.88. The van der Waals surface area contributed by atoms with E-state index in [1.807, 2.05) is 0 Å². The number of rotatable bonds is 5. The van der Waals surface area contributed by atoms with Crippen LogP contribution >= 0.6 is 0 Å². The number of nitrogens with zero attached hydrogens (tertiary/aromatic N) is 3. The number of hydrogen-bond acceptors (Lipinski definition) is 4. The Morgan fingerprint density at radius 2 is 2.21 bits per heavy atom. The van der Waals surface area contributed by atoms with Gasteiger partial charge in [0.15, 0.2) is 0 Å². The Morgan fingerprint density at radius 3 is 2.89 bits per heavy atom. The summed E-state index contributed by atoms with van der Waals surface area (Å²) in [6, 6.07) is -0.155. The lowest BCUT2D eigenvalue weighted by Crippen LogP contribution is -2.56. The quantitative estimate of drug-likeness (QED) is 0.625. The summed E-state index contributed by atoms with van der Waals surface area (Å²) >= 11 is 0. The van der Waals surface area contributed by atoms with Crippen LogP contribution in [0.2, 0.25) is 0 Å². The number of carbonyl (C=O) groups excluding carboxylic acids is 1. The maximum Gasteiger partial charge on any atom is 0.317 e. The number of piperazine rings is 1. The standard InChI is InChI=1S/C10H21N5O3S/c1-13(4-2-3-11)19(17,18)14-5-6-15-9(8-14)7-12-10(15)16/h9H,2-8,11H2,1H3,(H,12,16). The molecule has 2 heterocycles. The fourth-order valence-corrected chi connectivity index (χ4v) is 3.84. The van der Waals surface area contributed by atoms with Crippen LogP contribution in [0.25, 0.3) is 0 Å². The molecule has 19 heavy (non-hydrogen) atoms. The number of urea groups is 1. The van der Waals surface area contributed by atoms with Gasteiger partial charge in [0.25, 0.3) is 10.2 Å². The molecule has 2 aliphatic heterocycles. The van der Waals surface area contributed by atoms with E-state index in [1.165, 1.54) is 8.61 Å². The molecular weight excluding hydrogens is 270 g/mol. The molecule has 8 nitrogen and oxygen atoms in total. The number of carbonyl (C=O) groups is 1. The highest BCUT2D eigenvalue weighted by Gasteiger charge is 2.40. The lowest BCUT2D eigenvalue weighted by molar-refractivity contribution is 0.161. The van der Waals surface area contributed by atoms with Crippen molar-refractivity contribution in [2.45, 2.75) is 12.5 Å². The average Bonchev–Trinajstić information content (AvgIpc) is 2.77. The van der Waals surface area contributed by atoms with Crippen molar-refractivity contribution in [3.8, 4) is 0 Å². The Balaban J connectivity index is 2.00. The van der Waals surface area contributed by atoms with Gasteiger partial charge in [-0.1, -0.05) is 0 Å². The molecule has 0 aromatic rings. The molecular formula is C10H21N5O3S. The number of fused-ring (bicyclic) bond motifs is 1. The van der Waals surface area contributed by atoms with Crippen molar-refractivity contribution in [3.63, 3.8) is 0 Å². The van der Waals surface area contributed by atoms with Crippen LogP contribution in [0.3, 0.4) is 0 Å². The van der Waals surface area contributed by atoms with Crippen molar-refractivity contribution in [1.82, 2.24) is 18.8 Å². The van der Waals surface area contributed by atoms with E-state index < -0.39 is 10.2 Å². The van der Waals surface area contributed by atoms with E-state index >= 15 is 0 Å². The van der Waals surface area contributed by atoms with Gasteiger partial charge in [-0.2, -0.15) is 17.0 Å². The first-order valence-corrected chi connectivity index (χ1v) is 7.82. The predicted molar refractivity (Wildman–Crippen MR) is 70.7 cm³/mol. The SMILES string of the molecule is CN(CCCN)S(=O)(=O)N1CCN2C(=O)NCC2C1. The van der Waals surface area contributed by atoms with Gasteiger partial charge in [-0.05, 0) is 13.0 Å². The highest BCUT2D eigenvalue weighted by molar-refractivity contribution is 7.86. The fourth-order valence-electron chi connectivity index (χ4n) is 2.41. The minimum absolute atomic E-state index is 0.0565. The molecule has 2 aliphatic rings. The number of nitrogens with one attached hydrogen (secondary N) is 1. The Hall–Kier alpha value is -0.900. The van der Waals surface area contributed by atoms with Crippen LogP contribution in [-0.2, 0) is 10.2 Å². The Morgan fingerprint density at radius 1 is 1.47 bits per heavy atom. The number of nitrogens with two attached hydrogens (primary N) is 1. The highest BCUT2D eigenvalue weighted by Crippen LogP contribution is 2.18. The number of amides is 2. The second-order valence-corrected chi connectivity index (χ2v) is 6.90. The summed E-state index contributed by atoms with van der Waals surface area (Å²) in [5.41, 5.74) is 5.40. The molecule has 0 saturated carbocycles. The first-order chi connectivity index (χ1) is 8.96. The average molecular weight is 291 g/mol. The van der Waals surface area contributed by atoms with E-state index in [0.29, 0.717) is 45.7 Å². The van der Waals surface area contributed by atoms with Gasteiger partial charge in [0.1, 0.15) is 0 Å². The third kappa shape index (κ3) is 2.83. The molecule has 0 aliphatic carbocycles. The normalized spacial score (nSPS) is 24.7. The first kappa shape index (κ1) is 14.5. The van der Waals surface area contributed by atoms with Crippen molar-refractivity contribution >= 4 is 16.2 Å². The van der Waals surface area contributed by atoms with Crippen LogP contribution < -0.4 is 11.1 Å². The molecule has 0 radical (unpaired) electrons. The summed E-state index contributed by atoms with van der Waals surface area (Å²) in [5.74, 6) is 0. The molecule has 0 aromatic heterocycles. The van der Waals surface area contributed by atoms with Gasteiger partial charge in [-0.15, -0.1) is 0 Å². The fraction of sp³-hybridized carbons (Fsp3) is 0.900. The number of hydrogen-bond donors (Lipinski definition) is 2. The zero-order chi connectivity index (χ0) is 14.0. The van der Waals surface area contributed by atoms with E-state index in [4.69, 9.17) is 5.73 Å². The minimum atomic E-state index is -3.45. The zero-order valence-corrected chi connectivity index (χ0v) is 11.9. The molecule has 1 unspecified atom stereocenters. The van der Waals surface area contributed by atoms with Crippen molar-refractivity contribution in [2.75, 3.05) is 46.3 Å². The van der Waals surface area contributed by atoms with Crippen LogP contribution in [0.4, 0.5) is 4.79 Å². The summed E-state index contributed by atoms with van der Waals surface area (Å²) in [4.78, 5) is 13.2. The predicted octanol–water partition coefficient (Wildman–Crippen LogP) is -1.78. The van der Waals surface area contributed by atoms with E-state index in [-0.39, 0.29) is 12.1 Å². The monoisotopic (exact) mass is 291 g/mol. The van der Waals surface area contributed by atoms with Crippen LogP contribution in [0, 0.1) is 0 Å². The summed E-state index contributed by atoms with van der Waals surface area (Å²) in [6.07, 6.45) is 0.638. The zero-order valence-electron chi connectivity index (χ0n) is 11.1. The third-order valence-corrected chi connectivity index (χ3v) is 5.55. The summed E-state index contributed by atoms with van der Waals surface area (Å²) in [5, 5.41) is 2.73. The maximum absolute atomic E-state index is 12.3. The van der Waals surface area contributed by atoms with E-state index in [9.17, 15) is 13.2 Å². The van der Waals surface area contributed by atoms with Gasteiger partial charge in [0, 0.05) is 39.8 Å². The van der Waals surface area contributed by atoms with Gasteiger partial charge in [-0.25, -0.2) is 4.79 Å². The lowest BCUT2D eigenvalue weighted by Gasteiger charge is -2.37. The molecule has 0 spiro atoms. The summed E-state index contributed by atoms with van der Waals surface area (Å²) < 4.78 is 27.5. The van der Waals surface area contributed by atoms with E-state index in [1.54, 1.807) is 11.9 Å². The van der Waals surface area contributed by atoms with Crippen molar-refractivity contribution in [2.24, 2.45) is 5.73 Å². The maximum atomic E-state index is 12.3. The molecule has 1 atom stereocenters. The van der Waals surface area contributed by atoms with Crippen LogP contribution in [0.15, 0.2) is 0 Å². The molecule has 9 heteroatoms. The molecule has 0 aromatic carbocycles. The molecule has 2 rings (SSSR count). The van der Waals surface area contributed by atoms with Crippen molar-refractivity contribution in [3.05, 3.63) is 0 Å². The van der Waals surface area contributed by atoms with Gasteiger partial charge in [0.2, 0.25) is 0 Å². The van der Waals surface area contributed by atoms with Gasteiger partial charge in [-0.3, -0.25) is 0 Å². The smallest absolute Gasteiger partial charge is 0.317 e. The molecule has 0 bridgehead atoms. The van der Waals surface area contributed by atoms with E-state index in [2.05, 4.69) is 5.32 Å². The van der Waals surface area contributed by atoms with Crippen LogP contribution in [0.5, 0.6) is 0 Å². The van der Waals surface area contributed by atoms with Crippen LogP contribution in [0.1, 0.15) is 6.42 Å². The first-order valence-electron chi connectivity index (χ1n) is 6.42. The molecule has 2 amide bonds. The third-order valence-electron chi connectivity index (χ3n) is 3.59. The Labute approximate surface area is 113 Å². The molecule has 3 N–H and O–H groups in total. The Bertz CT molecular complexity index is 440. The van der Waals surface area contributed by atoms with E-state index in [0.717, 1.165) is 0 Å². The second-order valence-electron chi connectivity index (χ2n) is 4.86.